The summed E-state index contributed by atoms with van der Waals surface area (Å²) in [5.41, 5.74) is 6.75. The Kier molecular flexibility index (Phi) is 6.41. The number of thiophene rings is 1. The van der Waals surface area contributed by atoms with E-state index in [-0.39, 0.29) is 25.1 Å². The normalized spacial score (nSPS) is 11.6. The number of hydrogen-bond donors (Lipinski definition) is 3. The molecule has 25 heavy (non-hydrogen) atoms. The number of amides is 3. The minimum absolute atomic E-state index is 0.104. The zero-order valence-electron chi connectivity index (χ0n) is 14.6. The Morgan fingerprint density at radius 2 is 2.00 bits per heavy atom. The molecule has 134 valence electrons. The van der Waals surface area contributed by atoms with E-state index < -0.39 is 5.91 Å². The summed E-state index contributed by atoms with van der Waals surface area (Å²) < 4.78 is 5.52. The first-order chi connectivity index (χ1) is 11.9. The average molecular weight is 361 g/mol. The largest absolute Gasteiger partial charge is 0.491 e. The van der Waals surface area contributed by atoms with Gasteiger partial charge in [0.15, 0.2) is 0 Å². The minimum atomic E-state index is -0.432. The highest BCUT2D eigenvalue weighted by Gasteiger charge is 2.15. The Morgan fingerprint density at radius 1 is 1.28 bits per heavy atom. The smallest absolute Gasteiger partial charge is 0.319 e. The third kappa shape index (κ3) is 5.49. The second-order valence-corrected chi connectivity index (χ2v) is 7.21. The number of nitrogens with one attached hydrogen (secondary N) is 2. The molecule has 6 nitrogen and oxygen atoms in total. The van der Waals surface area contributed by atoms with Crippen molar-refractivity contribution >= 4 is 29.0 Å². The highest BCUT2D eigenvalue weighted by molar-refractivity contribution is 7.12. The van der Waals surface area contributed by atoms with Gasteiger partial charge in [-0.2, -0.15) is 0 Å². The summed E-state index contributed by atoms with van der Waals surface area (Å²) in [5.74, 6) is 0.0625. The quantitative estimate of drug-likeness (QED) is 0.704. The SMILES string of the molecule is Cc1cc(C(C)NC(=O)Nc2ccccc2OCCC(N)=O)c(C)s1. The molecule has 1 unspecified atom stereocenters. The van der Waals surface area contributed by atoms with E-state index >= 15 is 0 Å². The Morgan fingerprint density at radius 3 is 2.64 bits per heavy atom. The molecule has 7 heteroatoms. The number of carbonyl (C=O) groups is 2. The lowest BCUT2D eigenvalue weighted by Crippen LogP contribution is -2.31. The number of primary amides is 1. The fraction of sp³-hybridized carbons (Fsp3) is 0.333. The predicted octanol–water partition coefficient (Wildman–Crippen LogP) is 3.50. The predicted molar refractivity (Wildman–Crippen MR) is 100 cm³/mol. The number of benzene rings is 1. The molecule has 0 spiro atoms. The van der Waals surface area contributed by atoms with Crippen LogP contribution in [-0.4, -0.2) is 18.5 Å². The van der Waals surface area contributed by atoms with Crippen molar-refractivity contribution in [3.63, 3.8) is 0 Å². The van der Waals surface area contributed by atoms with Crippen LogP contribution >= 0.6 is 11.3 Å². The van der Waals surface area contributed by atoms with Crippen molar-refractivity contribution in [3.8, 4) is 5.75 Å². The minimum Gasteiger partial charge on any atom is -0.491 e. The number of ether oxygens (including phenoxy) is 1. The van der Waals surface area contributed by atoms with Crippen LogP contribution in [0.25, 0.3) is 0 Å². The zero-order valence-corrected chi connectivity index (χ0v) is 15.4. The summed E-state index contributed by atoms with van der Waals surface area (Å²) in [4.78, 5) is 25.5. The number of para-hydroxylation sites is 2. The summed E-state index contributed by atoms with van der Waals surface area (Å²) >= 11 is 1.71. The fourth-order valence-electron chi connectivity index (χ4n) is 2.47. The molecule has 0 radical (unpaired) electrons. The van der Waals surface area contributed by atoms with Gasteiger partial charge >= 0.3 is 6.03 Å². The summed E-state index contributed by atoms with van der Waals surface area (Å²) in [6.07, 6.45) is 0.119. The van der Waals surface area contributed by atoms with Crippen molar-refractivity contribution in [1.29, 1.82) is 0 Å². The lowest BCUT2D eigenvalue weighted by atomic mass is 10.1. The summed E-state index contributed by atoms with van der Waals surface area (Å²) in [6.45, 7) is 6.21. The van der Waals surface area contributed by atoms with Gasteiger partial charge in [0.05, 0.1) is 24.8 Å². The molecule has 0 aliphatic carbocycles. The van der Waals surface area contributed by atoms with Crippen LogP contribution in [0.15, 0.2) is 30.3 Å². The van der Waals surface area contributed by atoms with Crippen LogP contribution in [0.1, 0.15) is 34.7 Å². The molecule has 1 aromatic carbocycles. The zero-order chi connectivity index (χ0) is 18.4. The summed E-state index contributed by atoms with van der Waals surface area (Å²) in [7, 11) is 0. The Labute approximate surface area is 151 Å². The maximum Gasteiger partial charge on any atom is 0.319 e. The average Bonchev–Trinajstić information content (AvgIpc) is 2.87. The second-order valence-electron chi connectivity index (χ2n) is 5.75. The molecule has 4 N–H and O–H groups in total. The molecular weight excluding hydrogens is 338 g/mol. The topological polar surface area (TPSA) is 93.4 Å². The van der Waals surface area contributed by atoms with Crippen molar-refractivity contribution in [2.75, 3.05) is 11.9 Å². The first-order valence-electron chi connectivity index (χ1n) is 8.01. The van der Waals surface area contributed by atoms with Crippen LogP contribution in [0, 0.1) is 13.8 Å². The maximum absolute atomic E-state index is 12.3. The van der Waals surface area contributed by atoms with Crippen LogP contribution < -0.4 is 21.1 Å². The van der Waals surface area contributed by atoms with E-state index in [4.69, 9.17) is 10.5 Å². The van der Waals surface area contributed by atoms with Gasteiger partial charge in [-0.05, 0) is 44.5 Å². The third-order valence-electron chi connectivity index (χ3n) is 3.63. The number of nitrogens with two attached hydrogens (primary N) is 1. The number of carbonyl (C=O) groups excluding carboxylic acids is 2. The summed E-state index contributed by atoms with van der Waals surface area (Å²) in [5, 5.41) is 5.72. The summed E-state index contributed by atoms with van der Waals surface area (Å²) in [6, 6.07) is 8.73. The van der Waals surface area contributed by atoms with E-state index in [0.717, 1.165) is 5.56 Å². The van der Waals surface area contributed by atoms with Crippen LogP contribution in [0.5, 0.6) is 5.75 Å². The van der Waals surface area contributed by atoms with Crippen molar-refractivity contribution in [2.24, 2.45) is 5.73 Å². The second kappa shape index (κ2) is 8.53. The van der Waals surface area contributed by atoms with E-state index in [1.807, 2.05) is 20.8 Å². The van der Waals surface area contributed by atoms with E-state index in [1.165, 1.54) is 9.75 Å². The Bertz CT molecular complexity index is 758. The molecule has 2 aromatic rings. The number of rotatable bonds is 7. The lowest BCUT2D eigenvalue weighted by Gasteiger charge is -2.16. The van der Waals surface area contributed by atoms with Crippen molar-refractivity contribution in [1.82, 2.24) is 5.32 Å². The molecule has 3 amide bonds. The first kappa shape index (κ1) is 18.8. The molecule has 0 bridgehead atoms. The van der Waals surface area contributed by atoms with Gasteiger partial charge in [0, 0.05) is 9.75 Å². The molecule has 1 heterocycles. The van der Waals surface area contributed by atoms with Gasteiger partial charge in [-0.3, -0.25) is 4.79 Å². The Hall–Kier alpha value is -2.54. The van der Waals surface area contributed by atoms with Gasteiger partial charge in [-0.1, -0.05) is 12.1 Å². The lowest BCUT2D eigenvalue weighted by molar-refractivity contribution is -0.118. The van der Waals surface area contributed by atoms with Gasteiger partial charge in [-0.15, -0.1) is 11.3 Å². The number of hydrogen-bond acceptors (Lipinski definition) is 4. The standard InChI is InChI=1S/C18H23N3O3S/c1-11-10-14(13(3)25-11)12(2)20-18(23)21-15-6-4-5-7-16(15)24-9-8-17(19)22/h4-7,10,12H,8-9H2,1-3H3,(H2,19,22)(H2,20,21,23). The first-order valence-corrected chi connectivity index (χ1v) is 8.83. The number of anilines is 1. The Balaban J connectivity index is 1.98. The highest BCUT2D eigenvalue weighted by Crippen LogP contribution is 2.27. The van der Waals surface area contributed by atoms with Gasteiger partial charge in [0.25, 0.3) is 0 Å². The van der Waals surface area contributed by atoms with Crippen LogP contribution in [0.4, 0.5) is 10.5 Å². The fourth-order valence-corrected chi connectivity index (χ4v) is 3.49. The molecule has 0 saturated heterocycles. The number of aryl methyl sites for hydroxylation is 2. The molecule has 0 fully saturated rings. The van der Waals surface area contributed by atoms with Crippen LogP contribution in [0.3, 0.4) is 0 Å². The van der Waals surface area contributed by atoms with Crippen molar-refractivity contribution in [3.05, 3.63) is 45.6 Å². The third-order valence-corrected chi connectivity index (χ3v) is 4.62. The molecular formula is C18H23N3O3S. The highest BCUT2D eigenvalue weighted by atomic mass is 32.1. The number of urea groups is 1. The van der Waals surface area contributed by atoms with Crippen LogP contribution in [-0.2, 0) is 4.79 Å². The molecule has 1 atom stereocenters. The van der Waals surface area contributed by atoms with Crippen molar-refractivity contribution in [2.45, 2.75) is 33.2 Å². The van der Waals surface area contributed by atoms with E-state index in [1.54, 1.807) is 35.6 Å². The van der Waals surface area contributed by atoms with E-state index in [9.17, 15) is 9.59 Å². The molecule has 0 saturated carbocycles. The van der Waals surface area contributed by atoms with Gasteiger partial charge in [0.1, 0.15) is 5.75 Å². The molecule has 1 aromatic heterocycles. The maximum atomic E-state index is 12.3. The van der Waals surface area contributed by atoms with Gasteiger partial charge in [0.2, 0.25) is 5.91 Å². The molecule has 2 rings (SSSR count). The molecule has 0 aliphatic heterocycles. The van der Waals surface area contributed by atoms with Gasteiger partial charge in [-0.25, -0.2) is 4.79 Å². The van der Waals surface area contributed by atoms with E-state index in [0.29, 0.717) is 11.4 Å². The monoisotopic (exact) mass is 361 g/mol. The van der Waals surface area contributed by atoms with Crippen LogP contribution in [0.2, 0.25) is 0 Å². The van der Waals surface area contributed by atoms with Crippen molar-refractivity contribution < 1.29 is 14.3 Å². The molecule has 0 aliphatic rings. The van der Waals surface area contributed by atoms with Gasteiger partial charge < -0.3 is 21.1 Å². The van der Waals surface area contributed by atoms with E-state index in [2.05, 4.69) is 16.7 Å².